The Morgan fingerprint density at radius 2 is 2.17 bits per heavy atom. The second-order valence-electron chi connectivity index (χ2n) is 6.58. The number of methoxy groups -OCH3 is 1. The fraction of sp³-hybridized carbons (Fsp3) is 0.316. The minimum Gasteiger partial charge on any atom is -0.469 e. The molecule has 0 aliphatic carbocycles. The van der Waals surface area contributed by atoms with Gasteiger partial charge in [0.15, 0.2) is 0 Å². The Kier molecular flexibility index (Phi) is 5.70. The predicted octanol–water partition coefficient (Wildman–Crippen LogP) is 1.20. The quantitative estimate of drug-likeness (QED) is 0.442. The van der Waals surface area contributed by atoms with Crippen LogP contribution < -0.4 is 5.32 Å². The Hall–Kier alpha value is -3.34. The Balaban J connectivity index is 1.42. The largest absolute Gasteiger partial charge is 0.469 e. The van der Waals surface area contributed by atoms with Crippen molar-refractivity contribution in [1.82, 2.24) is 25.4 Å². The van der Waals surface area contributed by atoms with E-state index in [2.05, 4.69) is 25.2 Å². The summed E-state index contributed by atoms with van der Waals surface area (Å²) in [5.41, 5.74) is 1.73. The smallest absolute Gasteiger partial charge is 0.308 e. The van der Waals surface area contributed by atoms with Crippen molar-refractivity contribution in [3.8, 4) is 11.5 Å². The van der Waals surface area contributed by atoms with Crippen molar-refractivity contribution >= 4 is 40.4 Å². The maximum atomic E-state index is 12.7. The van der Waals surface area contributed by atoms with E-state index in [0.29, 0.717) is 19.0 Å². The van der Waals surface area contributed by atoms with E-state index in [1.165, 1.54) is 12.0 Å². The Morgan fingerprint density at radius 3 is 3.00 bits per heavy atom. The lowest BCUT2D eigenvalue weighted by Gasteiger charge is -2.34. The third kappa shape index (κ3) is 4.01. The molecule has 156 valence electrons. The molecule has 2 N–H and O–H groups in total. The van der Waals surface area contributed by atoms with Crippen molar-refractivity contribution in [2.75, 3.05) is 26.0 Å². The van der Waals surface area contributed by atoms with Crippen molar-refractivity contribution in [2.24, 2.45) is 0 Å². The number of fused-ring (bicyclic) bond motifs is 1. The summed E-state index contributed by atoms with van der Waals surface area (Å²) in [5, 5.41) is 11.9. The number of hydrogen-bond donors (Lipinski definition) is 2. The number of aromatic nitrogens is 3. The number of para-hydroxylation sites is 1. The molecule has 1 aliphatic rings. The number of nitrogens with one attached hydrogen (secondary N) is 2. The summed E-state index contributed by atoms with van der Waals surface area (Å²) in [7, 11) is 1.24. The number of carbonyl (C=O) groups excluding carboxylic acids is 3. The highest BCUT2D eigenvalue weighted by Crippen LogP contribution is 2.29. The van der Waals surface area contributed by atoms with Crippen LogP contribution in [0.5, 0.6) is 0 Å². The van der Waals surface area contributed by atoms with Crippen LogP contribution in [0.1, 0.15) is 6.42 Å². The maximum Gasteiger partial charge on any atom is 0.308 e. The number of aromatic amines is 1. The Morgan fingerprint density at radius 1 is 1.33 bits per heavy atom. The average Bonchev–Trinajstić information content (AvgIpc) is 3.40. The van der Waals surface area contributed by atoms with E-state index >= 15 is 0 Å². The van der Waals surface area contributed by atoms with Crippen molar-refractivity contribution in [1.29, 1.82) is 0 Å². The zero-order valence-corrected chi connectivity index (χ0v) is 16.9. The monoisotopic (exact) mass is 429 g/mol. The molecule has 1 atom stereocenters. The van der Waals surface area contributed by atoms with Gasteiger partial charge in [-0.25, -0.2) is 0 Å². The minimum atomic E-state index is -0.885. The molecule has 3 aromatic rings. The molecular weight excluding hydrogens is 410 g/mol. The summed E-state index contributed by atoms with van der Waals surface area (Å²) in [4.78, 5) is 40.9. The number of thioether (sulfide) groups is 1. The fourth-order valence-electron chi connectivity index (χ4n) is 3.29. The van der Waals surface area contributed by atoms with Crippen LogP contribution in [-0.2, 0) is 19.1 Å². The van der Waals surface area contributed by atoms with Gasteiger partial charge in [-0.3, -0.25) is 14.4 Å². The van der Waals surface area contributed by atoms with E-state index in [1.54, 1.807) is 6.20 Å². The van der Waals surface area contributed by atoms with Crippen LogP contribution in [-0.4, -0.2) is 69.9 Å². The number of nitrogens with zero attached hydrogens (tertiary/aromatic N) is 3. The molecule has 1 aromatic carbocycles. The van der Waals surface area contributed by atoms with Gasteiger partial charge in [-0.1, -0.05) is 30.0 Å². The molecule has 1 unspecified atom stereocenters. The first-order valence-corrected chi connectivity index (χ1v) is 10.2. The summed E-state index contributed by atoms with van der Waals surface area (Å²) in [6.07, 6.45) is 1.60. The van der Waals surface area contributed by atoms with Crippen LogP contribution in [0.3, 0.4) is 0 Å². The van der Waals surface area contributed by atoms with Crippen LogP contribution in [0.4, 0.5) is 0 Å². The summed E-state index contributed by atoms with van der Waals surface area (Å²) in [6, 6.07) is 6.86. The van der Waals surface area contributed by atoms with Gasteiger partial charge in [-0.2, -0.15) is 0 Å². The minimum absolute atomic E-state index is 0.000467. The predicted molar refractivity (Wildman–Crippen MR) is 107 cm³/mol. The number of amides is 2. The van der Waals surface area contributed by atoms with E-state index in [9.17, 15) is 14.4 Å². The third-order valence-corrected chi connectivity index (χ3v) is 5.59. The van der Waals surface area contributed by atoms with Crippen molar-refractivity contribution in [3.63, 3.8) is 0 Å². The molecule has 1 aliphatic heterocycles. The van der Waals surface area contributed by atoms with E-state index in [1.807, 2.05) is 24.3 Å². The zero-order valence-electron chi connectivity index (χ0n) is 16.1. The number of piperazine rings is 1. The first-order chi connectivity index (χ1) is 14.6. The number of ether oxygens (including phenoxy) is 1. The fourth-order valence-corrected chi connectivity index (χ4v) is 3.94. The average molecular weight is 429 g/mol. The lowest BCUT2D eigenvalue weighted by Crippen LogP contribution is -2.58. The SMILES string of the molecule is COC(=O)CC1C(=O)NCCN1C(=O)CSc1nnc(-c2c[nH]c3ccccc23)o1. The van der Waals surface area contributed by atoms with Gasteiger partial charge in [-0.05, 0) is 6.07 Å². The number of H-pyrrole nitrogens is 1. The van der Waals surface area contributed by atoms with E-state index < -0.39 is 12.0 Å². The molecule has 0 radical (unpaired) electrons. The normalized spacial score (nSPS) is 16.5. The third-order valence-electron chi connectivity index (χ3n) is 4.78. The first kappa shape index (κ1) is 20.0. The molecule has 3 heterocycles. The standard InChI is InChI=1S/C19H19N5O5S/c1-28-16(26)8-14-17(27)20-6-7-24(14)15(25)10-30-19-23-22-18(29-19)12-9-21-13-5-3-2-4-11(12)13/h2-5,9,14,21H,6-8,10H2,1H3,(H,20,27). The van der Waals surface area contributed by atoms with Crippen LogP contribution in [0.2, 0.25) is 0 Å². The molecule has 30 heavy (non-hydrogen) atoms. The van der Waals surface area contributed by atoms with Crippen LogP contribution in [0.25, 0.3) is 22.4 Å². The maximum absolute atomic E-state index is 12.7. The number of esters is 1. The van der Waals surface area contributed by atoms with Crippen LogP contribution in [0.15, 0.2) is 40.1 Å². The number of rotatable bonds is 6. The van der Waals surface area contributed by atoms with E-state index in [-0.39, 0.29) is 29.2 Å². The van der Waals surface area contributed by atoms with Gasteiger partial charge in [0.1, 0.15) is 6.04 Å². The van der Waals surface area contributed by atoms with Gasteiger partial charge in [0.05, 0.1) is 24.8 Å². The lowest BCUT2D eigenvalue weighted by molar-refractivity contribution is -0.149. The van der Waals surface area contributed by atoms with Gasteiger partial charge >= 0.3 is 5.97 Å². The number of benzene rings is 1. The van der Waals surface area contributed by atoms with Gasteiger partial charge in [0.25, 0.3) is 11.1 Å². The highest BCUT2D eigenvalue weighted by Gasteiger charge is 2.35. The second kappa shape index (κ2) is 8.57. The second-order valence-corrected chi connectivity index (χ2v) is 7.51. The highest BCUT2D eigenvalue weighted by molar-refractivity contribution is 7.99. The highest BCUT2D eigenvalue weighted by atomic mass is 32.2. The summed E-state index contributed by atoms with van der Waals surface area (Å²) >= 11 is 1.08. The molecule has 0 spiro atoms. The molecule has 4 rings (SSSR count). The van der Waals surface area contributed by atoms with E-state index in [4.69, 9.17) is 4.42 Å². The zero-order chi connectivity index (χ0) is 21.1. The van der Waals surface area contributed by atoms with Crippen molar-refractivity contribution < 1.29 is 23.5 Å². The number of carbonyl (C=O) groups is 3. The molecule has 1 fully saturated rings. The van der Waals surface area contributed by atoms with Crippen LogP contribution >= 0.6 is 11.8 Å². The summed E-state index contributed by atoms with van der Waals surface area (Å²) < 4.78 is 10.3. The van der Waals surface area contributed by atoms with Gasteiger partial charge < -0.3 is 24.4 Å². The van der Waals surface area contributed by atoms with Crippen molar-refractivity contribution in [3.05, 3.63) is 30.5 Å². The Bertz CT molecular complexity index is 1090. The van der Waals surface area contributed by atoms with Gasteiger partial charge in [0.2, 0.25) is 11.8 Å². The first-order valence-electron chi connectivity index (χ1n) is 9.23. The molecule has 0 bridgehead atoms. The summed E-state index contributed by atoms with van der Waals surface area (Å²) in [6.45, 7) is 0.648. The molecule has 2 amide bonds. The molecule has 1 saturated heterocycles. The van der Waals surface area contributed by atoms with Gasteiger partial charge in [0, 0.05) is 30.2 Å². The van der Waals surface area contributed by atoms with Gasteiger partial charge in [-0.15, -0.1) is 10.2 Å². The topological polar surface area (TPSA) is 130 Å². The molecule has 10 nitrogen and oxygen atoms in total. The lowest BCUT2D eigenvalue weighted by atomic mass is 10.1. The molecular formula is C19H19N5O5S. The number of hydrogen-bond acceptors (Lipinski definition) is 8. The van der Waals surface area contributed by atoms with Crippen molar-refractivity contribution in [2.45, 2.75) is 17.7 Å². The van der Waals surface area contributed by atoms with E-state index in [0.717, 1.165) is 28.2 Å². The molecule has 2 aromatic heterocycles. The molecule has 0 saturated carbocycles. The Labute approximate surface area is 175 Å². The molecule has 11 heteroatoms. The van der Waals surface area contributed by atoms with Crippen LogP contribution in [0, 0.1) is 0 Å². The summed E-state index contributed by atoms with van der Waals surface area (Å²) in [5.74, 6) is -0.869.